The van der Waals surface area contributed by atoms with E-state index in [0.717, 1.165) is 0 Å². The monoisotopic (exact) mass is 336 g/mol. The first-order valence-electron chi connectivity index (χ1n) is 6.34. The van der Waals surface area contributed by atoms with E-state index in [1.165, 1.54) is 13.8 Å². The highest BCUT2D eigenvalue weighted by Gasteiger charge is 2.12. The molecule has 22 heavy (non-hydrogen) atoms. The van der Waals surface area contributed by atoms with Gasteiger partial charge in [-0.1, -0.05) is 35.3 Å². The lowest BCUT2D eigenvalue weighted by molar-refractivity contribution is -0.131. The van der Waals surface area contributed by atoms with Gasteiger partial charge in [-0.15, -0.1) is 0 Å². The molecule has 0 unspecified atom stereocenters. The Kier molecular flexibility index (Phi) is 5.06. The van der Waals surface area contributed by atoms with Gasteiger partial charge in [0.15, 0.2) is 0 Å². The second kappa shape index (κ2) is 6.81. The van der Waals surface area contributed by atoms with E-state index in [2.05, 4.69) is 11.4 Å². The van der Waals surface area contributed by atoms with Gasteiger partial charge < -0.3 is 10.1 Å². The first-order valence-corrected chi connectivity index (χ1v) is 7.10. The van der Waals surface area contributed by atoms with E-state index in [1.54, 1.807) is 30.3 Å². The van der Waals surface area contributed by atoms with Crippen LogP contribution >= 0.6 is 23.2 Å². The minimum absolute atomic E-state index is 0.220. The molecule has 0 bridgehead atoms. The predicted octanol–water partition coefficient (Wildman–Crippen LogP) is 4.34. The van der Waals surface area contributed by atoms with Crippen molar-refractivity contribution in [3.05, 3.63) is 46.4 Å². The highest BCUT2D eigenvalue weighted by atomic mass is 35.5. The Morgan fingerprint density at radius 1 is 1.18 bits per heavy atom. The van der Waals surface area contributed by atoms with Gasteiger partial charge in [-0.25, -0.2) is 0 Å². The average molecular weight is 337 g/mol. The zero-order valence-electron chi connectivity index (χ0n) is 11.9. The van der Waals surface area contributed by atoms with Crippen LogP contribution in [0.5, 0.6) is 5.75 Å². The van der Waals surface area contributed by atoms with Crippen molar-refractivity contribution in [3.63, 3.8) is 0 Å². The van der Waals surface area contributed by atoms with Crippen LogP contribution in [-0.4, -0.2) is 11.9 Å². The Morgan fingerprint density at radius 3 is 2.50 bits per heavy atom. The van der Waals surface area contributed by atoms with Gasteiger partial charge in [0.05, 0.1) is 15.7 Å². The molecule has 0 aliphatic heterocycles. The Bertz CT molecular complexity index is 744. The molecule has 2 aromatic rings. The molecule has 0 heterocycles. The second-order valence-electron chi connectivity index (χ2n) is 4.50. The Morgan fingerprint density at radius 2 is 1.91 bits per heavy atom. The molecule has 0 aromatic heterocycles. The number of ether oxygens (including phenoxy) is 1. The summed E-state index contributed by atoms with van der Waals surface area (Å²) in [6.07, 6.45) is 0. The van der Waals surface area contributed by atoms with E-state index in [0.29, 0.717) is 21.8 Å². The molecule has 1 N–H and O–H groups in total. The topological polar surface area (TPSA) is 55.4 Å². The molecule has 0 aliphatic rings. The molecular formula is C16H12Cl2NO3. The summed E-state index contributed by atoms with van der Waals surface area (Å²) in [5, 5.41) is 3.28. The zero-order chi connectivity index (χ0) is 16.3. The van der Waals surface area contributed by atoms with Crippen molar-refractivity contribution in [2.24, 2.45) is 0 Å². The maximum atomic E-state index is 11.2. The highest BCUT2D eigenvalue weighted by Crippen LogP contribution is 2.36. The third-order valence-electron chi connectivity index (χ3n) is 2.72. The van der Waals surface area contributed by atoms with Gasteiger partial charge in [0.1, 0.15) is 5.75 Å². The lowest BCUT2D eigenvalue weighted by Crippen LogP contribution is -2.06. The molecule has 4 nitrogen and oxygen atoms in total. The molecule has 0 atom stereocenters. The molecule has 0 aliphatic carbocycles. The minimum atomic E-state index is -0.452. The average Bonchev–Trinajstić information content (AvgIpc) is 2.42. The molecule has 0 fully saturated rings. The molecule has 0 spiro atoms. The summed E-state index contributed by atoms with van der Waals surface area (Å²) in [7, 11) is 0. The van der Waals surface area contributed by atoms with Gasteiger partial charge >= 0.3 is 5.97 Å². The summed E-state index contributed by atoms with van der Waals surface area (Å²) in [4.78, 5) is 22.1. The fourth-order valence-electron chi connectivity index (χ4n) is 1.87. The van der Waals surface area contributed by atoms with Crippen LogP contribution in [0.4, 0.5) is 5.69 Å². The van der Waals surface area contributed by atoms with Crippen LogP contribution in [0.2, 0.25) is 10.0 Å². The Hall–Kier alpha value is -2.04. The largest absolute Gasteiger partial charge is 0.425 e. The van der Waals surface area contributed by atoms with Crippen molar-refractivity contribution in [2.75, 3.05) is 5.32 Å². The first kappa shape index (κ1) is 16.3. The van der Waals surface area contributed by atoms with Crippen LogP contribution in [0, 0.1) is 6.07 Å². The normalized spacial score (nSPS) is 10.2. The molecule has 1 radical (unpaired) electrons. The van der Waals surface area contributed by atoms with Gasteiger partial charge in [-0.3, -0.25) is 9.59 Å². The van der Waals surface area contributed by atoms with Crippen molar-refractivity contribution >= 4 is 40.8 Å². The Labute approximate surface area is 138 Å². The number of anilines is 1. The van der Waals surface area contributed by atoms with Crippen LogP contribution in [-0.2, 0) is 9.59 Å². The van der Waals surface area contributed by atoms with Crippen molar-refractivity contribution in [1.82, 2.24) is 0 Å². The van der Waals surface area contributed by atoms with E-state index < -0.39 is 5.97 Å². The van der Waals surface area contributed by atoms with Gasteiger partial charge in [-0.05, 0) is 29.8 Å². The molecule has 113 valence electrons. The number of benzene rings is 2. The molecule has 6 heteroatoms. The lowest BCUT2D eigenvalue weighted by Gasteiger charge is -2.11. The number of amides is 1. The molecule has 0 saturated heterocycles. The summed E-state index contributed by atoms with van der Waals surface area (Å²) in [5.74, 6) is -0.402. The predicted molar refractivity (Wildman–Crippen MR) is 86.3 cm³/mol. The molecular weight excluding hydrogens is 325 g/mol. The van der Waals surface area contributed by atoms with E-state index in [1.807, 2.05) is 0 Å². The highest BCUT2D eigenvalue weighted by molar-refractivity contribution is 6.36. The van der Waals surface area contributed by atoms with Gasteiger partial charge in [0.25, 0.3) is 0 Å². The summed E-state index contributed by atoms with van der Waals surface area (Å²) < 4.78 is 4.97. The van der Waals surface area contributed by atoms with Crippen molar-refractivity contribution in [3.8, 4) is 16.9 Å². The quantitative estimate of drug-likeness (QED) is 0.669. The van der Waals surface area contributed by atoms with Gasteiger partial charge in [0, 0.05) is 19.4 Å². The van der Waals surface area contributed by atoms with Crippen LogP contribution in [0.25, 0.3) is 11.1 Å². The standard InChI is InChI=1S/C16H12Cl2NO3/c1-9(20)19-14-5-3-4-12(16(14)18)11-6-7-15(13(17)8-11)22-10(2)21/h3,5-8H,1-2H3,(H,19,20). The Balaban J connectivity index is 2.42. The number of esters is 1. The number of hydrogen-bond donors (Lipinski definition) is 1. The molecule has 2 rings (SSSR count). The lowest BCUT2D eigenvalue weighted by atomic mass is 10.0. The van der Waals surface area contributed by atoms with Gasteiger partial charge in [0.2, 0.25) is 5.91 Å². The smallest absolute Gasteiger partial charge is 0.308 e. The van der Waals surface area contributed by atoms with E-state index in [-0.39, 0.29) is 16.7 Å². The van der Waals surface area contributed by atoms with E-state index in [9.17, 15) is 9.59 Å². The minimum Gasteiger partial charge on any atom is -0.425 e. The van der Waals surface area contributed by atoms with Gasteiger partial charge in [-0.2, -0.15) is 0 Å². The molecule has 0 saturated carbocycles. The van der Waals surface area contributed by atoms with Crippen LogP contribution in [0.1, 0.15) is 13.8 Å². The van der Waals surface area contributed by atoms with Crippen LogP contribution in [0.3, 0.4) is 0 Å². The van der Waals surface area contributed by atoms with Crippen molar-refractivity contribution < 1.29 is 14.3 Å². The number of nitrogens with one attached hydrogen (secondary N) is 1. The molecule has 1 amide bonds. The second-order valence-corrected chi connectivity index (χ2v) is 5.29. The number of carbonyl (C=O) groups excluding carboxylic acids is 2. The number of carbonyl (C=O) groups is 2. The maximum Gasteiger partial charge on any atom is 0.308 e. The van der Waals surface area contributed by atoms with E-state index in [4.69, 9.17) is 27.9 Å². The number of rotatable bonds is 3. The molecule has 2 aromatic carbocycles. The third kappa shape index (κ3) is 3.78. The van der Waals surface area contributed by atoms with Crippen molar-refractivity contribution in [2.45, 2.75) is 13.8 Å². The van der Waals surface area contributed by atoms with Crippen molar-refractivity contribution in [1.29, 1.82) is 0 Å². The summed E-state index contributed by atoms with van der Waals surface area (Å²) in [6, 6.07) is 11.2. The third-order valence-corrected chi connectivity index (χ3v) is 3.41. The van der Waals surface area contributed by atoms with Crippen LogP contribution < -0.4 is 10.1 Å². The number of hydrogen-bond acceptors (Lipinski definition) is 3. The summed E-state index contributed by atoms with van der Waals surface area (Å²) >= 11 is 12.4. The first-order chi connectivity index (χ1) is 10.4. The van der Waals surface area contributed by atoms with Crippen LogP contribution in [0.15, 0.2) is 30.3 Å². The summed E-state index contributed by atoms with van der Waals surface area (Å²) in [6.45, 7) is 2.70. The maximum absolute atomic E-state index is 11.2. The fourth-order valence-corrected chi connectivity index (χ4v) is 2.36. The van der Waals surface area contributed by atoms with E-state index >= 15 is 0 Å². The summed E-state index contributed by atoms with van der Waals surface area (Å²) in [5.41, 5.74) is 1.77. The number of halogens is 2. The SMILES string of the molecule is CC(=O)Nc1cc[c]c(-c2ccc(OC(C)=O)c(Cl)c2)c1Cl. The fraction of sp³-hybridized carbons (Fsp3) is 0.125. The zero-order valence-corrected chi connectivity index (χ0v) is 13.4.